The summed E-state index contributed by atoms with van der Waals surface area (Å²) in [7, 11) is 0. The quantitative estimate of drug-likeness (QED) is 0.498. The van der Waals surface area contributed by atoms with Gasteiger partial charge in [-0.25, -0.2) is 0 Å². The van der Waals surface area contributed by atoms with Crippen LogP contribution in [0.4, 0.5) is 0 Å². The van der Waals surface area contributed by atoms with E-state index in [0.29, 0.717) is 12.5 Å². The van der Waals surface area contributed by atoms with Crippen molar-refractivity contribution in [3.8, 4) is 0 Å². The van der Waals surface area contributed by atoms with Crippen LogP contribution in [0, 0.1) is 6.92 Å². The van der Waals surface area contributed by atoms with Crippen LogP contribution in [-0.2, 0) is 6.54 Å². The van der Waals surface area contributed by atoms with Gasteiger partial charge in [0.2, 0.25) is 0 Å². The predicted octanol–water partition coefficient (Wildman–Crippen LogP) is 2.00. The molecule has 0 amide bonds. The number of hydrogen-bond donors (Lipinski definition) is 1. The van der Waals surface area contributed by atoms with Crippen LogP contribution in [0.15, 0.2) is 17.4 Å². The third-order valence-corrected chi connectivity index (χ3v) is 3.30. The fourth-order valence-corrected chi connectivity index (χ4v) is 2.26. The van der Waals surface area contributed by atoms with Crippen LogP contribution < -0.4 is 5.73 Å². The van der Waals surface area contributed by atoms with Gasteiger partial charge in [0.15, 0.2) is 5.96 Å². The molecule has 6 heteroatoms. The van der Waals surface area contributed by atoms with E-state index >= 15 is 0 Å². The zero-order chi connectivity index (χ0) is 12.8. The van der Waals surface area contributed by atoms with Crippen LogP contribution >= 0.6 is 24.0 Å². The number of halogens is 1. The van der Waals surface area contributed by atoms with Gasteiger partial charge in [-0.2, -0.15) is 5.10 Å². The molecule has 0 radical (unpaired) electrons. The molecule has 0 spiro atoms. The number of likely N-dealkylation sites (tertiary alicyclic amines) is 1. The number of aromatic nitrogens is 2. The van der Waals surface area contributed by atoms with Gasteiger partial charge in [-0.3, -0.25) is 9.67 Å². The SMILES string of the molecule is Cc1cnn(CCN=C(N)N2CCCCCC2)c1.I. The second kappa shape index (κ2) is 8.39. The van der Waals surface area contributed by atoms with E-state index in [-0.39, 0.29) is 24.0 Å². The van der Waals surface area contributed by atoms with Crippen LogP contribution in [0.5, 0.6) is 0 Å². The normalized spacial score (nSPS) is 16.9. The third-order valence-electron chi connectivity index (χ3n) is 3.30. The Labute approximate surface area is 132 Å². The van der Waals surface area contributed by atoms with Crippen LogP contribution in [0.2, 0.25) is 0 Å². The lowest BCUT2D eigenvalue weighted by atomic mass is 10.2. The minimum Gasteiger partial charge on any atom is -0.370 e. The predicted molar refractivity (Wildman–Crippen MR) is 88.9 cm³/mol. The van der Waals surface area contributed by atoms with Gasteiger partial charge >= 0.3 is 0 Å². The monoisotopic (exact) mass is 377 g/mol. The zero-order valence-corrected chi connectivity index (χ0v) is 13.9. The molecule has 108 valence electrons. The first kappa shape index (κ1) is 16.3. The molecule has 2 N–H and O–H groups in total. The Morgan fingerprint density at radius 2 is 2.00 bits per heavy atom. The Kier molecular flexibility index (Phi) is 7.19. The largest absolute Gasteiger partial charge is 0.370 e. The highest BCUT2D eigenvalue weighted by atomic mass is 127. The Hall–Kier alpha value is -0.790. The molecular weight excluding hydrogens is 353 g/mol. The molecular formula is C13H24IN5. The molecule has 1 aromatic rings. The smallest absolute Gasteiger partial charge is 0.191 e. The molecule has 5 nitrogen and oxygen atoms in total. The highest BCUT2D eigenvalue weighted by Gasteiger charge is 2.10. The van der Waals surface area contributed by atoms with Gasteiger partial charge in [0.25, 0.3) is 0 Å². The Morgan fingerprint density at radius 3 is 2.58 bits per heavy atom. The molecule has 0 aliphatic carbocycles. The summed E-state index contributed by atoms with van der Waals surface area (Å²) >= 11 is 0. The molecule has 0 aromatic carbocycles. The molecule has 0 atom stereocenters. The van der Waals surface area contributed by atoms with E-state index in [9.17, 15) is 0 Å². The molecule has 1 aliphatic heterocycles. The molecule has 1 saturated heterocycles. The van der Waals surface area contributed by atoms with E-state index in [1.165, 1.54) is 31.2 Å². The molecule has 2 rings (SSSR count). The van der Waals surface area contributed by atoms with Crippen molar-refractivity contribution in [1.82, 2.24) is 14.7 Å². The van der Waals surface area contributed by atoms with Crippen molar-refractivity contribution in [3.05, 3.63) is 18.0 Å². The first-order chi connectivity index (χ1) is 8.75. The lowest BCUT2D eigenvalue weighted by Gasteiger charge is -2.21. The lowest BCUT2D eigenvalue weighted by molar-refractivity contribution is 0.427. The van der Waals surface area contributed by atoms with Gasteiger partial charge in [-0.15, -0.1) is 24.0 Å². The van der Waals surface area contributed by atoms with Crippen molar-refractivity contribution in [3.63, 3.8) is 0 Å². The summed E-state index contributed by atoms with van der Waals surface area (Å²) in [4.78, 5) is 6.66. The summed E-state index contributed by atoms with van der Waals surface area (Å²) in [5.41, 5.74) is 7.21. The topological polar surface area (TPSA) is 59.4 Å². The van der Waals surface area contributed by atoms with Crippen molar-refractivity contribution >= 4 is 29.9 Å². The lowest BCUT2D eigenvalue weighted by Crippen LogP contribution is -2.38. The minimum atomic E-state index is 0. The molecule has 1 aliphatic rings. The van der Waals surface area contributed by atoms with Gasteiger partial charge in [0.05, 0.1) is 19.3 Å². The van der Waals surface area contributed by atoms with E-state index in [0.717, 1.165) is 19.6 Å². The van der Waals surface area contributed by atoms with Crippen molar-refractivity contribution in [1.29, 1.82) is 0 Å². The van der Waals surface area contributed by atoms with Crippen LogP contribution in [0.25, 0.3) is 0 Å². The number of aliphatic imine (C=N–C) groups is 1. The van der Waals surface area contributed by atoms with E-state index in [1.54, 1.807) is 0 Å². The van der Waals surface area contributed by atoms with Crippen LogP contribution in [0.1, 0.15) is 31.2 Å². The molecule has 1 fully saturated rings. The van der Waals surface area contributed by atoms with Gasteiger partial charge in [-0.1, -0.05) is 12.8 Å². The summed E-state index contributed by atoms with van der Waals surface area (Å²) in [6.45, 7) is 5.64. The highest BCUT2D eigenvalue weighted by Crippen LogP contribution is 2.09. The second-order valence-electron chi connectivity index (χ2n) is 4.92. The van der Waals surface area contributed by atoms with Gasteiger partial charge in [0.1, 0.15) is 0 Å². The second-order valence-corrected chi connectivity index (χ2v) is 4.92. The van der Waals surface area contributed by atoms with Crippen molar-refractivity contribution in [2.75, 3.05) is 19.6 Å². The Balaban J connectivity index is 0.00000180. The first-order valence-corrected chi connectivity index (χ1v) is 6.79. The zero-order valence-electron chi connectivity index (χ0n) is 11.6. The number of aryl methyl sites for hydroxylation is 1. The first-order valence-electron chi connectivity index (χ1n) is 6.79. The summed E-state index contributed by atoms with van der Waals surface area (Å²) < 4.78 is 1.91. The number of hydrogen-bond acceptors (Lipinski definition) is 2. The van der Waals surface area contributed by atoms with E-state index in [1.807, 2.05) is 24.0 Å². The summed E-state index contributed by atoms with van der Waals surface area (Å²) in [5.74, 6) is 0.695. The van der Waals surface area contributed by atoms with Crippen molar-refractivity contribution in [2.24, 2.45) is 10.7 Å². The number of guanidine groups is 1. The summed E-state index contributed by atoms with van der Waals surface area (Å²) in [6.07, 6.45) is 8.98. The van der Waals surface area contributed by atoms with Crippen LogP contribution in [0.3, 0.4) is 0 Å². The fourth-order valence-electron chi connectivity index (χ4n) is 2.26. The maximum atomic E-state index is 6.03. The van der Waals surface area contributed by atoms with E-state index < -0.39 is 0 Å². The number of nitrogens with zero attached hydrogens (tertiary/aromatic N) is 4. The standard InChI is InChI=1S/C13H23N5.HI/c1-12-10-16-18(11-12)9-6-15-13(14)17-7-4-2-3-5-8-17;/h10-11H,2-9H2,1H3,(H2,14,15);1H. The summed E-state index contributed by atoms with van der Waals surface area (Å²) in [6, 6.07) is 0. The third kappa shape index (κ3) is 5.38. The molecule has 1 aromatic heterocycles. The van der Waals surface area contributed by atoms with E-state index in [2.05, 4.69) is 15.0 Å². The van der Waals surface area contributed by atoms with Crippen molar-refractivity contribution < 1.29 is 0 Å². The number of nitrogens with two attached hydrogens (primary N) is 1. The Morgan fingerprint density at radius 1 is 1.32 bits per heavy atom. The highest BCUT2D eigenvalue weighted by molar-refractivity contribution is 14.0. The maximum Gasteiger partial charge on any atom is 0.191 e. The number of rotatable bonds is 3. The van der Waals surface area contributed by atoms with Gasteiger partial charge in [0, 0.05) is 19.3 Å². The van der Waals surface area contributed by atoms with Crippen molar-refractivity contribution in [2.45, 2.75) is 39.2 Å². The molecule has 19 heavy (non-hydrogen) atoms. The van der Waals surface area contributed by atoms with E-state index in [4.69, 9.17) is 5.73 Å². The maximum absolute atomic E-state index is 6.03. The fraction of sp³-hybridized carbons (Fsp3) is 0.692. The summed E-state index contributed by atoms with van der Waals surface area (Å²) in [5, 5.41) is 4.23. The molecule has 2 heterocycles. The molecule has 0 bridgehead atoms. The average molecular weight is 377 g/mol. The average Bonchev–Trinajstić information content (AvgIpc) is 2.63. The van der Waals surface area contributed by atoms with Gasteiger partial charge in [-0.05, 0) is 25.3 Å². The molecule has 0 saturated carbocycles. The molecule has 0 unspecified atom stereocenters. The van der Waals surface area contributed by atoms with Crippen LogP contribution in [-0.4, -0.2) is 40.3 Å². The van der Waals surface area contributed by atoms with Gasteiger partial charge < -0.3 is 10.6 Å². The minimum absolute atomic E-state index is 0. The Bertz CT molecular complexity index is 393.